The maximum absolute atomic E-state index is 13.1. The maximum atomic E-state index is 13.1. The molecule has 154 valence electrons. The van der Waals surface area contributed by atoms with E-state index in [1.165, 1.54) is 5.56 Å². The van der Waals surface area contributed by atoms with Crippen molar-refractivity contribution in [1.82, 2.24) is 9.47 Å². The number of hydrogen-bond donors (Lipinski definition) is 1. The highest BCUT2D eigenvalue weighted by atomic mass is 16.2. The summed E-state index contributed by atoms with van der Waals surface area (Å²) < 4.78 is 2.21. The fourth-order valence-corrected chi connectivity index (χ4v) is 3.98. The summed E-state index contributed by atoms with van der Waals surface area (Å²) in [5.41, 5.74) is 5.29. The summed E-state index contributed by atoms with van der Waals surface area (Å²) >= 11 is 0. The molecule has 1 atom stereocenters. The first-order valence-electron chi connectivity index (χ1n) is 10.4. The third-order valence-corrected chi connectivity index (χ3v) is 5.65. The minimum atomic E-state index is -0.139. The molecule has 1 N–H and O–H groups in total. The second kappa shape index (κ2) is 8.57. The van der Waals surface area contributed by atoms with Gasteiger partial charge in [0.2, 0.25) is 11.8 Å². The zero-order chi connectivity index (χ0) is 21.1. The summed E-state index contributed by atoms with van der Waals surface area (Å²) in [5, 5.41) is 2.87. The minimum Gasteiger partial charge on any atom is -0.348 e. The molecular formula is C25H27N3O2. The molecule has 5 heteroatoms. The van der Waals surface area contributed by atoms with Gasteiger partial charge < -0.3 is 14.8 Å². The lowest BCUT2D eigenvalue weighted by Gasteiger charge is -2.37. The Kier molecular flexibility index (Phi) is 5.70. The smallest absolute Gasteiger partial charge is 0.224 e. The van der Waals surface area contributed by atoms with Crippen LogP contribution in [0.25, 0.3) is 0 Å². The molecule has 1 unspecified atom stereocenters. The third kappa shape index (κ3) is 4.30. The van der Waals surface area contributed by atoms with Crippen molar-refractivity contribution in [2.45, 2.75) is 39.3 Å². The number of aromatic nitrogens is 1. The van der Waals surface area contributed by atoms with Crippen molar-refractivity contribution < 1.29 is 9.59 Å². The van der Waals surface area contributed by atoms with Crippen LogP contribution in [-0.2, 0) is 16.1 Å². The van der Waals surface area contributed by atoms with Gasteiger partial charge in [-0.3, -0.25) is 9.59 Å². The number of benzene rings is 2. The number of carbonyl (C=O) groups is 2. The molecule has 5 nitrogen and oxygen atoms in total. The number of amides is 2. The second-order valence-corrected chi connectivity index (χ2v) is 7.94. The Morgan fingerprint density at radius 2 is 1.57 bits per heavy atom. The molecule has 2 heterocycles. The van der Waals surface area contributed by atoms with Gasteiger partial charge in [0.25, 0.3) is 0 Å². The topological polar surface area (TPSA) is 54.3 Å². The Hall–Kier alpha value is -3.34. The van der Waals surface area contributed by atoms with Crippen LogP contribution in [0.1, 0.15) is 41.3 Å². The average molecular weight is 402 g/mol. The monoisotopic (exact) mass is 401 g/mol. The van der Waals surface area contributed by atoms with Gasteiger partial charge in [-0.25, -0.2) is 0 Å². The second-order valence-electron chi connectivity index (χ2n) is 7.94. The number of rotatable bonds is 5. The lowest BCUT2D eigenvalue weighted by atomic mass is 9.98. The van der Waals surface area contributed by atoms with Gasteiger partial charge >= 0.3 is 0 Å². The largest absolute Gasteiger partial charge is 0.348 e. The SMILES string of the molecule is Cc1ccc(NC(=O)CCC(=O)N2CCn3cccc3C2c2ccc(C)cc2)cc1. The molecular weight excluding hydrogens is 374 g/mol. The molecule has 0 saturated heterocycles. The number of hydrogen-bond acceptors (Lipinski definition) is 2. The van der Waals surface area contributed by atoms with Gasteiger partial charge in [-0.1, -0.05) is 47.5 Å². The van der Waals surface area contributed by atoms with Crippen LogP contribution in [0.15, 0.2) is 66.9 Å². The first-order valence-corrected chi connectivity index (χ1v) is 10.4. The van der Waals surface area contributed by atoms with Crippen LogP contribution in [0.5, 0.6) is 0 Å². The van der Waals surface area contributed by atoms with Gasteiger partial charge in [-0.05, 0) is 43.7 Å². The van der Waals surface area contributed by atoms with Crippen LogP contribution in [0.4, 0.5) is 5.69 Å². The molecule has 0 bridgehead atoms. The van der Waals surface area contributed by atoms with Crippen molar-refractivity contribution >= 4 is 17.5 Å². The number of anilines is 1. The molecule has 30 heavy (non-hydrogen) atoms. The Labute approximate surface area is 177 Å². The minimum absolute atomic E-state index is 0.00656. The summed E-state index contributed by atoms with van der Waals surface area (Å²) in [4.78, 5) is 27.4. The van der Waals surface area contributed by atoms with E-state index in [4.69, 9.17) is 0 Å². The van der Waals surface area contributed by atoms with Crippen LogP contribution in [0, 0.1) is 13.8 Å². The van der Waals surface area contributed by atoms with Gasteiger partial charge in [-0.2, -0.15) is 0 Å². The van der Waals surface area contributed by atoms with Crippen LogP contribution in [-0.4, -0.2) is 27.8 Å². The van der Waals surface area contributed by atoms with Crippen molar-refractivity contribution in [3.63, 3.8) is 0 Å². The van der Waals surface area contributed by atoms with Crippen molar-refractivity contribution in [1.29, 1.82) is 0 Å². The molecule has 0 fully saturated rings. The molecule has 1 aliphatic rings. The van der Waals surface area contributed by atoms with Crippen molar-refractivity contribution in [2.75, 3.05) is 11.9 Å². The van der Waals surface area contributed by atoms with E-state index in [9.17, 15) is 9.59 Å². The Balaban J connectivity index is 1.46. The molecule has 0 radical (unpaired) electrons. The van der Waals surface area contributed by atoms with Gasteiger partial charge in [0.05, 0.1) is 6.04 Å². The summed E-state index contributed by atoms with van der Waals surface area (Å²) in [6, 6.07) is 20.0. The van der Waals surface area contributed by atoms with E-state index in [0.717, 1.165) is 29.1 Å². The van der Waals surface area contributed by atoms with Crippen LogP contribution in [0.3, 0.4) is 0 Å². The lowest BCUT2D eigenvalue weighted by molar-refractivity contribution is -0.135. The molecule has 2 aromatic carbocycles. The van der Waals surface area contributed by atoms with E-state index in [-0.39, 0.29) is 30.7 Å². The van der Waals surface area contributed by atoms with Gasteiger partial charge in [-0.15, -0.1) is 0 Å². The quantitative estimate of drug-likeness (QED) is 0.686. The van der Waals surface area contributed by atoms with Crippen LogP contribution < -0.4 is 5.32 Å². The van der Waals surface area contributed by atoms with E-state index in [0.29, 0.717) is 6.54 Å². The van der Waals surface area contributed by atoms with Crippen LogP contribution >= 0.6 is 0 Å². The predicted molar refractivity (Wildman–Crippen MR) is 118 cm³/mol. The lowest BCUT2D eigenvalue weighted by Crippen LogP contribution is -2.42. The van der Waals surface area contributed by atoms with Gasteiger partial charge in [0.1, 0.15) is 0 Å². The van der Waals surface area contributed by atoms with Gasteiger partial charge in [0.15, 0.2) is 0 Å². The fourth-order valence-electron chi connectivity index (χ4n) is 3.98. The van der Waals surface area contributed by atoms with E-state index < -0.39 is 0 Å². The number of carbonyl (C=O) groups excluding carboxylic acids is 2. The standard InChI is InChI=1S/C25H27N3O2/c1-18-5-9-20(10-6-18)25-22-4-3-15-27(22)16-17-28(25)24(30)14-13-23(29)26-21-11-7-19(2)8-12-21/h3-12,15,25H,13-14,16-17H2,1-2H3,(H,26,29). The number of fused-ring (bicyclic) bond motifs is 1. The fraction of sp³-hybridized carbons (Fsp3) is 0.280. The Morgan fingerprint density at radius 3 is 2.27 bits per heavy atom. The van der Waals surface area contributed by atoms with Gasteiger partial charge in [0, 0.05) is 43.5 Å². The van der Waals surface area contributed by atoms with Crippen LogP contribution in [0.2, 0.25) is 0 Å². The molecule has 0 aliphatic carbocycles. The number of nitrogens with zero attached hydrogens (tertiary/aromatic N) is 2. The van der Waals surface area contributed by atoms with E-state index in [2.05, 4.69) is 53.3 Å². The summed E-state index contributed by atoms with van der Waals surface area (Å²) in [6.45, 7) is 5.47. The predicted octanol–water partition coefficient (Wildman–Crippen LogP) is 4.46. The highest BCUT2D eigenvalue weighted by Gasteiger charge is 2.32. The number of nitrogens with one attached hydrogen (secondary N) is 1. The summed E-state index contributed by atoms with van der Waals surface area (Å²) in [5.74, 6) is -0.133. The highest BCUT2D eigenvalue weighted by Crippen LogP contribution is 2.33. The molecule has 1 aromatic heterocycles. The van der Waals surface area contributed by atoms with E-state index in [1.54, 1.807) is 0 Å². The molecule has 2 amide bonds. The Bertz CT molecular complexity index is 1040. The molecule has 0 spiro atoms. The number of aryl methyl sites for hydroxylation is 2. The van der Waals surface area contributed by atoms with E-state index >= 15 is 0 Å². The third-order valence-electron chi connectivity index (χ3n) is 5.65. The Morgan fingerprint density at radius 1 is 0.900 bits per heavy atom. The summed E-state index contributed by atoms with van der Waals surface area (Å²) in [7, 11) is 0. The zero-order valence-corrected chi connectivity index (χ0v) is 17.5. The highest BCUT2D eigenvalue weighted by molar-refractivity contribution is 5.93. The van der Waals surface area contributed by atoms with E-state index in [1.807, 2.05) is 42.2 Å². The van der Waals surface area contributed by atoms with Crippen molar-refractivity contribution in [3.8, 4) is 0 Å². The average Bonchev–Trinajstić information content (AvgIpc) is 3.22. The first kappa shape index (κ1) is 20.0. The normalized spacial score (nSPS) is 15.5. The molecule has 4 rings (SSSR count). The van der Waals surface area contributed by atoms with Crippen molar-refractivity contribution in [3.05, 3.63) is 89.2 Å². The molecule has 3 aromatic rings. The zero-order valence-electron chi connectivity index (χ0n) is 17.5. The summed E-state index contributed by atoms with van der Waals surface area (Å²) in [6.07, 6.45) is 2.43. The maximum Gasteiger partial charge on any atom is 0.224 e. The molecule has 1 aliphatic heterocycles. The van der Waals surface area contributed by atoms with Crippen molar-refractivity contribution in [2.24, 2.45) is 0 Å². The molecule has 0 saturated carbocycles. The first-order chi connectivity index (χ1) is 14.5.